The Bertz CT molecular complexity index is 439. The van der Waals surface area contributed by atoms with Gasteiger partial charge in [0.1, 0.15) is 11.7 Å². The smallest absolute Gasteiger partial charge is 0.128 e. The minimum absolute atomic E-state index is 0.240. The van der Waals surface area contributed by atoms with Gasteiger partial charge in [-0.25, -0.2) is 4.99 Å². The van der Waals surface area contributed by atoms with E-state index >= 15 is 0 Å². The molecule has 0 saturated carbocycles. The number of hydrogen-bond acceptors (Lipinski definition) is 3. The Morgan fingerprint density at radius 1 is 1.56 bits per heavy atom. The summed E-state index contributed by atoms with van der Waals surface area (Å²) in [5.74, 6) is 1.57. The van der Waals surface area contributed by atoms with E-state index in [0.717, 1.165) is 30.2 Å². The number of amidine groups is 2. The highest BCUT2D eigenvalue weighted by molar-refractivity contribution is 6.28. The molecule has 0 aromatic heterocycles. The van der Waals surface area contributed by atoms with Gasteiger partial charge < -0.3 is 11.1 Å². The van der Waals surface area contributed by atoms with Crippen LogP contribution in [0.15, 0.2) is 34.3 Å². The molecule has 1 aromatic rings. The third-order valence-corrected chi connectivity index (χ3v) is 2.48. The highest BCUT2D eigenvalue weighted by Crippen LogP contribution is 2.15. The van der Waals surface area contributed by atoms with Crippen LogP contribution < -0.4 is 11.1 Å². The molecule has 0 saturated heterocycles. The van der Waals surface area contributed by atoms with Crippen molar-refractivity contribution in [2.24, 2.45) is 15.7 Å². The first kappa shape index (κ1) is 11.0. The highest BCUT2D eigenvalue weighted by Gasteiger charge is 2.07. The molecule has 1 aromatic carbocycles. The molecular weight excluding hydrogens is 224 g/mol. The van der Waals surface area contributed by atoms with Crippen molar-refractivity contribution in [3.05, 3.63) is 29.8 Å². The topological polar surface area (TPSA) is 62.8 Å². The molecule has 4 nitrogen and oxygen atoms in total. The van der Waals surface area contributed by atoms with E-state index in [2.05, 4.69) is 15.3 Å². The quantitative estimate of drug-likeness (QED) is 0.472. The molecule has 0 atom stereocenters. The summed E-state index contributed by atoms with van der Waals surface area (Å²) >= 11 is 5.58. The van der Waals surface area contributed by atoms with E-state index in [1.54, 1.807) is 0 Å². The van der Waals surface area contributed by atoms with E-state index in [0.29, 0.717) is 5.84 Å². The molecular formula is C11H13ClN4. The lowest BCUT2D eigenvalue weighted by Gasteiger charge is -2.03. The number of nitrogens with zero attached hydrogens (tertiary/aromatic N) is 2. The van der Waals surface area contributed by atoms with E-state index in [1.165, 1.54) is 0 Å². The Morgan fingerprint density at radius 3 is 3.12 bits per heavy atom. The monoisotopic (exact) mass is 236 g/mol. The maximum Gasteiger partial charge on any atom is 0.128 e. The molecule has 0 amide bonds. The average molecular weight is 237 g/mol. The van der Waals surface area contributed by atoms with E-state index in [4.69, 9.17) is 17.3 Å². The van der Waals surface area contributed by atoms with Gasteiger partial charge in [0, 0.05) is 12.1 Å². The lowest BCUT2D eigenvalue weighted by atomic mass is 10.2. The molecule has 1 heterocycles. The largest absolute Gasteiger partial charge is 0.386 e. The molecule has 0 radical (unpaired) electrons. The number of halogens is 1. The molecule has 2 rings (SSSR count). The molecule has 1 aliphatic rings. The predicted molar refractivity (Wildman–Crippen MR) is 67.9 cm³/mol. The van der Waals surface area contributed by atoms with Crippen molar-refractivity contribution in [2.75, 3.05) is 19.0 Å². The number of aliphatic imine (C=N–C) groups is 2. The van der Waals surface area contributed by atoms with Crippen LogP contribution in [-0.2, 0) is 0 Å². The molecule has 0 unspecified atom stereocenters. The number of rotatable bonds is 3. The van der Waals surface area contributed by atoms with Crippen LogP contribution in [0.25, 0.3) is 0 Å². The maximum absolute atomic E-state index is 5.58. The fourth-order valence-corrected chi connectivity index (χ4v) is 1.57. The lowest BCUT2D eigenvalue weighted by Crippen LogP contribution is -2.19. The van der Waals surface area contributed by atoms with Gasteiger partial charge >= 0.3 is 0 Å². The van der Waals surface area contributed by atoms with Crippen LogP contribution >= 0.6 is 11.6 Å². The number of nitrogens with two attached hydrogens (primary N) is 1. The molecule has 16 heavy (non-hydrogen) atoms. The summed E-state index contributed by atoms with van der Waals surface area (Å²) in [5, 5.41) is 3.21. The van der Waals surface area contributed by atoms with Crippen LogP contribution in [0.4, 0.5) is 5.69 Å². The van der Waals surface area contributed by atoms with Crippen LogP contribution in [-0.4, -0.2) is 30.6 Å². The zero-order valence-electron chi connectivity index (χ0n) is 8.78. The molecule has 3 N–H and O–H groups in total. The summed E-state index contributed by atoms with van der Waals surface area (Å²) in [5.41, 5.74) is 7.41. The van der Waals surface area contributed by atoms with Crippen molar-refractivity contribution in [2.45, 2.75) is 0 Å². The predicted octanol–water partition coefficient (Wildman–Crippen LogP) is 1.26. The van der Waals surface area contributed by atoms with Crippen LogP contribution in [0.5, 0.6) is 0 Å². The van der Waals surface area contributed by atoms with E-state index in [9.17, 15) is 0 Å². The Labute approximate surface area is 99.2 Å². The Kier molecular flexibility index (Phi) is 3.41. The summed E-state index contributed by atoms with van der Waals surface area (Å²) in [6, 6.07) is 7.75. The van der Waals surface area contributed by atoms with E-state index in [1.807, 2.05) is 24.3 Å². The minimum Gasteiger partial charge on any atom is -0.386 e. The fourth-order valence-electron chi connectivity index (χ4n) is 1.51. The van der Waals surface area contributed by atoms with Gasteiger partial charge in [0.15, 0.2) is 0 Å². The summed E-state index contributed by atoms with van der Waals surface area (Å²) < 4.78 is 0. The van der Waals surface area contributed by atoms with Crippen LogP contribution in [0, 0.1) is 0 Å². The summed E-state index contributed by atoms with van der Waals surface area (Å²) in [6.07, 6.45) is 0. The zero-order valence-corrected chi connectivity index (χ0v) is 9.54. The first-order chi connectivity index (χ1) is 7.79. The molecule has 0 fully saturated rings. The van der Waals surface area contributed by atoms with Gasteiger partial charge in [-0.2, -0.15) is 0 Å². The number of hydrogen-bond donors (Lipinski definition) is 2. The third-order valence-electron chi connectivity index (χ3n) is 2.20. The minimum atomic E-state index is 0.240. The van der Waals surface area contributed by atoms with Crippen molar-refractivity contribution in [1.29, 1.82) is 0 Å². The molecule has 1 aliphatic heterocycles. The van der Waals surface area contributed by atoms with Crippen LogP contribution in [0.1, 0.15) is 5.56 Å². The van der Waals surface area contributed by atoms with Gasteiger partial charge in [0.05, 0.1) is 18.1 Å². The Balaban J connectivity index is 2.26. The molecule has 0 bridgehead atoms. The number of benzene rings is 1. The molecule has 5 heteroatoms. The molecule has 0 aliphatic carbocycles. The van der Waals surface area contributed by atoms with Gasteiger partial charge in [-0.05, 0) is 12.1 Å². The summed E-state index contributed by atoms with van der Waals surface area (Å²) in [6.45, 7) is 1.72. The van der Waals surface area contributed by atoms with Crippen molar-refractivity contribution >= 4 is 29.0 Å². The summed E-state index contributed by atoms with van der Waals surface area (Å²) in [4.78, 5) is 8.54. The second-order valence-corrected chi connectivity index (χ2v) is 3.71. The van der Waals surface area contributed by atoms with Gasteiger partial charge in [0.2, 0.25) is 0 Å². The number of nitrogens with one attached hydrogen (secondary N) is 1. The van der Waals surface area contributed by atoms with E-state index < -0.39 is 0 Å². The Morgan fingerprint density at radius 2 is 2.44 bits per heavy atom. The SMILES string of the molecule is NC(CCl)=Nc1cccc(C2=NCCN2)c1. The lowest BCUT2D eigenvalue weighted by molar-refractivity contribution is 0.960. The normalized spacial score (nSPS) is 15.8. The molecule has 0 spiro atoms. The van der Waals surface area contributed by atoms with Crippen LogP contribution in [0.2, 0.25) is 0 Å². The first-order valence-electron chi connectivity index (χ1n) is 5.07. The van der Waals surface area contributed by atoms with Crippen molar-refractivity contribution in [3.63, 3.8) is 0 Å². The Hall–Kier alpha value is -1.55. The van der Waals surface area contributed by atoms with Gasteiger partial charge in [-0.1, -0.05) is 12.1 Å². The van der Waals surface area contributed by atoms with Gasteiger partial charge in [-0.3, -0.25) is 4.99 Å². The van der Waals surface area contributed by atoms with Crippen LogP contribution in [0.3, 0.4) is 0 Å². The second kappa shape index (κ2) is 4.99. The highest BCUT2D eigenvalue weighted by atomic mass is 35.5. The average Bonchev–Trinajstić information content (AvgIpc) is 2.83. The maximum atomic E-state index is 5.58. The van der Waals surface area contributed by atoms with Crippen molar-refractivity contribution in [3.8, 4) is 0 Å². The van der Waals surface area contributed by atoms with Gasteiger partial charge in [0.25, 0.3) is 0 Å². The van der Waals surface area contributed by atoms with Crippen molar-refractivity contribution in [1.82, 2.24) is 5.32 Å². The number of alkyl halides is 1. The third kappa shape index (κ3) is 2.52. The first-order valence-corrected chi connectivity index (χ1v) is 5.61. The van der Waals surface area contributed by atoms with Gasteiger partial charge in [-0.15, -0.1) is 11.6 Å². The summed E-state index contributed by atoms with van der Waals surface area (Å²) in [7, 11) is 0. The van der Waals surface area contributed by atoms with E-state index in [-0.39, 0.29) is 5.88 Å². The second-order valence-electron chi connectivity index (χ2n) is 3.44. The fraction of sp³-hybridized carbons (Fsp3) is 0.273. The van der Waals surface area contributed by atoms with Crippen molar-refractivity contribution < 1.29 is 0 Å². The molecule has 84 valence electrons. The zero-order chi connectivity index (χ0) is 11.4. The standard InChI is InChI=1S/C11H13ClN4/c12-7-10(13)16-9-3-1-2-8(6-9)11-14-4-5-15-11/h1-3,6H,4-5,7H2,(H2,13,16)(H,14,15).